The van der Waals surface area contributed by atoms with Crippen molar-refractivity contribution in [3.8, 4) is 22.6 Å². The Balaban J connectivity index is 2.08. The van der Waals surface area contributed by atoms with Gasteiger partial charge < -0.3 is 9.63 Å². The van der Waals surface area contributed by atoms with Gasteiger partial charge in [-0.1, -0.05) is 16.8 Å². The summed E-state index contributed by atoms with van der Waals surface area (Å²) >= 11 is 6.02. The van der Waals surface area contributed by atoms with Crippen molar-refractivity contribution in [2.45, 2.75) is 6.61 Å². The van der Waals surface area contributed by atoms with Crippen molar-refractivity contribution in [1.29, 1.82) is 0 Å². The van der Waals surface area contributed by atoms with Gasteiger partial charge in [0.2, 0.25) is 0 Å². The second-order valence-electron chi connectivity index (χ2n) is 4.93. The van der Waals surface area contributed by atoms with E-state index in [0.717, 1.165) is 6.07 Å². The monoisotopic (exact) mass is 348 g/mol. The SMILES string of the molecule is O=[N+]([O-])c1ccc(-c2noc(-c3ccc(F)cc3Cl)c2CO)cc1. The van der Waals surface area contributed by atoms with Crippen LogP contribution >= 0.6 is 11.6 Å². The number of nitrogens with zero attached hydrogens (tertiary/aromatic N) is 2. The minimum absolute atomic E-state index is 0.0606. The lowest BCUT2D eigenvalue weighted by Crippen LogP contribution is -1.91. The molecule has 2 aromatic carbocycles. The topological polar surface area (TPSA) is 89.4 Å². The molecule has 3 aromatic rings. The van der Waals surface area contributed by atoms with Crippen molar-refractivity contribution >= 4 is 17.3 Å². The quantitative estimate of drug-likeness (QED) is 0.563. The number of non-ortho nitro benzene ring substituents is 1. The van der Waals surface area contributed by atoms with Crippen LogP contribution in [-0.4, -0.2) is 15.2 Å². The standard InChI is InChI=1S/C16H10ClFN2O4/c17-14-7-10(18)3-6-12(14)16-13(8-21)15(19-24-16)9-1-4-11(5-2-9)20(22)23/h1-7,21H,8H2. The molecule has 0 fully saturated rings. The third-order valence-electron chi connectivity index (χ3n) is 3.47. The van der Waals surface area contributed by atoms with Crippen LogP contribution in [0.15, 0.2) is 47.0 Å². The van der Waals surface area contributed by atoms with E-state index in [4.69, 9.17) is 16.1 Å². The summed E-state index contributed by atoms with van der Waals surface area (Å²) in [6.45, 7) is -0.390. The van der Waals surface area contributed by atoms with Crippen molar-refractivity contribution in [2.24, 2.45) is 0 Å². The Bertz CT molecular complexity index is 909. The molecule has 0 aliphatic heterocycles. The van der Waals surface area contributed by atoms with Crippen LogP contribution in [0.2, 0.25) is 5.02 Å². The fourth-order valence-electron chi connectivity index (χ4n) is 2.31. The van der Waals surface area contributed by atoms with Crippen LogP contribution in [0.1, 0.15) is 5.56 Å². The molecule has 0 bridgehead atoms. The number of benzene rings is 2. The first-order chi connectivity index (χ1) is 11.5. The van der Waals surface area contributed by atoms with Gasteiger partial charge in [0.15, 0.2) is 5.76 Å². The fraction of sp³-hybridized carbons (Fsp3) is 0.0625. The van der Waals surface area contributed by atoms with Gasteiger partial charge >= 0.3 is 0 Å². The van der Waals surface area contributed by atoms with Crippen LogP contribution in [0.5, 0.6) is 0 Å². The summed E-state index contributed by atoms with van der Waals surface area (Å²) in [5, 5.41) is 24.4. The Hall–Kier alpha value is -2.77. The summed E-state index contributed by atoms with van der Waals surface area (Å²) in [6, 6.07) is 9.45. The summed E-state index contributed by atoms with van der Waals surface area (Å²) in [6.07, 6.45) is 0. The lowest BCUT2D eigenvalue weighted by atomic mass is 10.0. The third-order valence-corrected chi connectivity index (χ3v) is 3.79. The Labute approximate surface area is 140 Å². The number of nitro benzene ring substituents is 1. The van der Waals surface area contributed by atoms with Gasteiger partial charge in [-0.15, -0.1) is 0 Å². The highest BCUT2D eigenvalue weighted by atomic mass is 35.5. The maximum atomic E-state index is 13.2. The van der Waals surface area contributed by atoms with Crippen molar-refractivity contribution in [3.63, 3.8) is 0 Å². The van der Waals surface area contributed by atoms with Crippen LogP contribution in [-0.2, 0) is 6.61 Å². The number of halogens is 2. The van der Waals surface area contributed by atoms with E-state index in [1.807, 2.05) is 0 Å². The molecule has 8 heteroatoms. The number of aliphatic hydroxyl groups is 1. The molecule has 0 aliphatic carbocycles. The van der Waals surface area contributed by atoms with E-state index in [1.165, 1.54) is 36.4 Å². The van der Waals surface area contributed by atoms with Gasteiger partial charge in [0.25, 0.3) is 5.69 Å². The van der Waals surface area contributed by atoms with E-state index in [1.54, 1.807) is 0 Å². The number of rotatable bonds is 4. The minimum atomic E-state index is -0.511. The average molecular weight is 349 g/mol. The van der Waals surface area contributed by atoms with Crippen LogP contribution in [0.3, 0.4) is 0 Å². The molecule has 0 spiro atoms. The molecule has 0 atom stereocenters. The van der Waals surface area contributed by atoms with Gasteiger partial charge in [0.05, 0.1) is 22.1 Å². The molecule has 1 heterocycles. The Kier molecular flexibility index (Phi) is 4.28. The zero-order valence-corrected chi connectivity index (χ0v) is 12.8. The third kappa shape index (κ3) is 2.86. The van der Waals surface area contributed by atoms with E-state index in [9.17, 15) is 19.6 Å². The maximum Gasteiger partial charge on any atom is 0.269 e. The van der Waals surface area contributed by atoms with Gasteiger partial charge in [0, 0.05) is 23.3 Å². The van der Waals surface area contributed by atoms with Crippen molar-refractivity contribution in [2.75, 3.05) is 0 Å². The molecule has 0 radical (unpaired) electrons. The van der Waals surface area contributed by atoms with E-state index < -0.39 is 17.3 Å². The first kappa shape index (κ1) is 16.1. The molecule has 0 aliphatic rings. The Morgan fingerprint density at radius 2 is 1.96 bits per heavy atom. The molecule has 24 heavy (non-hydrogen) atoms. The van der Waals surface area contributed by atoms with Gasteiger partial charge in [-0.25, -0.2) is 4.39 Å². The number of aliphatic hydroxyl groups excluding tert-OH is 1. The molecule has 3 rings (SSSR count). The zero-order valence-electron chi connectivity index (χ0n) is 12.1. The second-order valence-corrected chi connectivity index (χ2v) is 5.33. The summed E-state index contributed by atoms with van der Waals surface area (Å²) in [5.41, 5.74) is 1.57. The molecule has 1 N–H and O–H groups in total. The smallest absolute Gasteiger partial charge is 0.269 e. The highest BCUT2D eigenvalue weighted by molar-refractivity contribution is 6.33. The van der Waals surface area contributed by atoms with Gasteiger partial charge in [-0.2, -0.15) is 0 Å². The lowest BCUT2D eigenvalue weighted by molar-refractivity contribution is -0.384. The van der Waals surface area contributed by atoms with Crippen molar-refractivity contribution < 1.29 is 18.9 Å². The molecule has 122 valence electrons. The molecule has 0 saturated carbocycles. The first-order valence-electron chi connectivity index (χ1n) is 6.81. The molecule has 6 nitrogen and oxygen atoms in total. The average Bonchev–Trinajstić information content (AvgIpc) is 2.98. The highest BCUT2D eigenvalue weighted by Gasteiger charge is 2.21. The van der Waals surface area contributed by atoms with Gasteiger partial charge in [0.1, 0.15) is 11.5 Å². The molecular weight excluding hydrogens is 339 g/mol. The van der Waals surface area contributed by atoms with Gasteiger partial charge in [-0.05, 0) is 30.3 Å². The van der Waals surface area contributed by atoms with E-state index in [0.29, 0.717) is 22.4 Å². The normalized spacial score (nSPS) is 10.8. The van der Waals surface area contributed by atoms with E-state index in [2.05, 4.69) is 5.16 Å². The van der Waals surface area contributed by atoms with Gasteiger partial charge in [-0.3, -0.25) is 10.1 Å². The molecule has 0 unspecified atom stereocenters. The fourth-order valence-corrected chi connectivity index (χ4v) is 2.56. The number of nitro groups is 1. The molecular formula is C16H10ClFN2O4. The van der Waals surface area contributed by atoms with E-state index >= 15 is 0 Å². The maximum absolute atomic E-state index is 13.2. The molecule has 0 amide bonds. The Morgan fingerprint density at radius 3 is 2.54 bits per heavy atom. The Morgan fingerprint density at radius 1 is 1.25 bits per heavy atom. The summed E-state index contributed by atoms with van der Waals surface area (Å²) in [4.78, 5) is 10.2. The summed E-state index contributed by atoms with van der Waals surface area (Å²) in [5.74, 6) is -0.278. The highest BCUT2D eigenvalue weighted by Crippen LogP contribution is 2.36. The van der Waals surface area contributed by atoms with Crippen molar-refractivity contribution in [3.05, 3.63) is 69.0 Å². The summed E-state index contributed by atoms with van der Waals surface area (Å²) < 4.78 is 18.5. The van der Waals surface area contributed by atoms with Crippen LogP contribution in [0.4, 0.5) is 10.1 Å². The minimum Gasteiger partial charge on any atom is -0.391 e. The second kappa shape index (κ2) is 6.38. The van der Waals surface area contributed by atoms with Crippen molar-refractivity contribution in [1.82, 2.24) is 5.16 Å². The molecule has 0 saturated heterocycles. The largest absolute Gasteiger partial charge is 0.391 e. The summed E-state index contributed by atoms with van der Waals surface area (Å²) in [7, 11) is 0. The van der Waals surface area contributed by atoms with E-state index in [-0.39, 0.29) is 16.5 Å². The first-order valence-corrected chi connectivity index (χ1v) is 7.18. The van der Waals surface area contributed by atoms with Crippen LogP contribution in [0, 0.1) is 15.9 Å². The lowest BCUT2D eigenvalue weighted by Gasteiger charge is -2.03. The number of aromatic nitrogens is 1. The van der Waals surface area contributed by atoms with Crippen LogP contribution in [0.25, 0.3) is 22.6 Å². The number of hydrogen-bond donors (Lipinski definition) is 1. The predicted octanol–water partition coefficient (Wildman–Crippen LogP) is 4.20. The predicted molar refractivity (Wildman–Crippen MR) is 84.9 cm³/mol. The zero-order chi connectivity index (χ0) is 17.3. The number of hydrogen-bond acceptors (Lipinski definition) is 5. The van der Waals surface area contributed by atoms with Crippen LogP contribution < -0.4 is 0 Å². The molecule has 1 aromatic heterocycles.